The number of aromatic nitrogens is 7. The van der Waals surface area contributed by atoms with Crippen molar-refractivity contribution in [3.63, 3.8) is 0 Å². The highest BCUT2D eigenvalue weighted by Gasteiger charge is 2.20. The highest BCUT2D eigenvalue weighted by atomic mass is 16.4. The van der Waals surface area contributed by atoms with Crippen LogP contribution in [0, 0.1) is 0 Å². The van der Waals surface area contributed by atoms with Crippen LogP contribution in [0.5, 0.6) is 0 Å². The van der Waals surface area contributed by atoms with Gasteiger partial charge in [0, 0.05) is 16.3 Å². The van der Waals surface area contributed by atoms with Gasteiger partial charge in [0.1, 0.15) is 23.8 Å². The molecular weight excluding hydrogens is 358 g/mol. The normalized spacial score (nSPS) is 12.0. The van der Waals surface area contributed by atoms with E-state index in [2.05, 4.69) is 46.3 Å². The van der Waals surface area contributed by atoms with Crippen LogP contribution in [-0.2, 0) is 18.5 Å². The summed E-state index contributed by atoms with van der Waals surface area (Å²) in [5, 5.41) is 25.9. The molecule has 0 saturated carbocycles. The van der Waals surface area contributed by atoms with Crippen molar-refractivity contribution < 1.29 is 9.90 Å². The molecule has 0 aliphatic rings. The first-order chi connectivity index (χ1) is 13.3. The molecule has 0 saturated heterocycles. The molecule has 0 aliphatic carbocycles. The first-order valence-corrected chi connectivity index (χ1v) is 8.93. The quantitative estimate of drug-likeness (QED) is 0.550. The number of hydrogen-bond acceptors (Lipinski definition) is 5. The van der Waals surface area contributed by atoms with Gasteiger partial charge in [0.2, 0.25) is 0 Å². The zero-order valence-electron chi connectivity index (χ0n) is 15.9. The van der Waals surface area contributed by atoms with Gasteiger partial charge in [-0.1, -0.05) is 44.2 Å². The van der Waals surface area contributed by atoms with Gasteiger partial charge in [0.05, 0.1) is 12.7 Å². The molecule has 4 aromatic rings. The second-order valence-corrected chi connectivity index (χ2v) is 7.74. The van der Waals surface area contributed by atoms with Crippen molar-refractivity contribution in [2.24, 2.45) is 0 Å². The first-order valence-electron chi connectivity index (χ1n) is 8.93. The Labute approximate surface area is 161 Å². The largest absolute Gasteiger partial charge is 0.477 e. The Morgan fingerprint density at radius 1 is 1.21 bits per heavy atom. The standard InChI is InChI=1S/C19H21N7O2/c1-19(2,3)18-20-16(22-23-18)11-25-9-13(21-24-25)10-26-14-7-5-4-6-12(14)8-15(26)17(27)28/h4-9H,10-11H2,1-3H3,(H,27,28)(H,20,22,23). The maximum atomic E-state index is 11.6. The van der Waals surface area contributed by atoms with Crippen molar-refractivity contribution >= 4 is 16.9 Å². The predicted octanol–water partition coefficient (Wildman–Crippen LogP) is 2.44. The fraction of sp³-hybridized carbons (Fsp3) is 0.316. The summed E-state index contributed by atoms with van der Waals surface area (Å²) in [5.74, 6) is 0.465. The Kier molecular flexibility index (Phi) is 4.21. The molecule has 0 bridgehead atoms. The van der Waals surface area contributed by atoms with E-state index in [0.29, 0.717) is 24.6 Å². The fourth-order valence-corrected chi connectivity index (χ4v) is 3.06. The average molecular weight is 379 g/mol. The van der Waals surface area contributed by atoms with Gasteiger partial charge in [0.15, 0.2) is 5.82 Å². The van der Waals surface area contributed by atoms with Gasteiger partial charge in [-0.3, -0.25) is 5.10 Å². The van der Waals surface area contributed by atoms with Gasteiger partial charge in [-0.25, -0.2) is 14.5 Å². The topological polar surface area (TPSA) is 115 Å². The number of nitrogens with zero attached hydrogens (tertiary/aromatic N) is 6. The molecule has 144 valence electrons. The zero-order valence-corrected chi connectivity index (χ0v) is 15.9. The van der Waals surface area contributed by atoms with E-state index in [0.717, 1.165) is 16.7 Å². The van der Waals surface area contributed by atoms with E-state index >= 15 is 0 Å². The molecule has 0 radical (unpaired) electrons. The van der Waals surface area contributed by atoms with E-state index in [1.54, 1.807) is 21.5 Å². The van der Waals surface area contributed by atoms with Crippen molar-refractivity contribution in [3.8, 4) is 0 Å². The minimum absolute atomic E-state index is 0.134. The third-order valence-corrected chi connectivity index (χ3v) is 4.45. The molecule has 0 atom stereocenters. The van der Waals surface area contributed by atoms with Crippen LogP contribution in [0.4, 0.5) is 0 Å². The molecule has 0 aliphatic heterocycles. The van der Waals surface area contributed by atoms with Crippen LogP contribution < -0.4 is 0 Å². The molecule has 28 heavy (non-hydrogen) atoms. The summed E-state index contributed by atoms with van der Waals surface area (Å²) in [7, 11) is 0. The van der Waals surface area contributed by atoms with E-state index in [1.807, 2.05) is 24.3 Å². The number of benzene rings is 1. The van der Waals surface area contributed by atoms with Gasteiger partial charge in [0.25, 0.3) is 0 Å². The zero-order chi connectivity index (χ0) is 19.9. The molecular formula is C19H21N7O2. The van der Waals surface area contributed by atoms with Crippen molar-refractivity contribution in [1.82, 2.24) is 34.7 Å². The van der Waals surface area contributed by atoms with Crippen LogP contribution in [0.1, 0.15) is 48.6 Å². The summed E-state index contributed by atoms with van der Waals surface area (Å²) < 4.78 is 3.40. The lowest BCUT2D eigenvalue weighted by atomic mass is 9.96. The van der Waals surface area contributed by atoms with Crippen molar-refractivity contribution in [1.29, 1.82) is 0 Å². The molecule has 3 aromatic heterocycles. The number of carboxylic acids is 1. The minimum atomic E-state index is -0.972. The van der Waals surface area contributed by atoms with Gasteiger partial charge in [-0.2, -0.15) is 5.10 Å². The number of aromatic amines is 1. The van der Waals surface area contributed by atoms with E-state index in [-0.39, 0.29) is 11.1 Å². The van der Waals surface area contributed by atoms with Crippen LogP contribution in [-0.4, -0.2) is 45.8 Å². The van der Waals surface area contributed by atoms with Gasteiger partial charge >= 0.3 is 5.97 Å². The van der Waals surface area contributed by atoms with Crippen LogP contribution in [0.25, 0.3) is 10.9 Å². The maximum Gasteiger partial charge on any atom is 0.352 e. The van der Waals surface area contributed by atoms with Crippen LogP contribution in [0.3, 0.4) is 0 Å². The highest BCUT2D eigenvalue weighted by Crippen LogP contribution is 2.21. The summed E-state index contributed by atoms with van der Waals surface area (Å²) in [6, 6.07) is 9.24. The van der Waals surface area contributed by atoms with Crippen LogP contribution >= 0.6 is 0 Å². The number of fused-ring (bicyclic) bond motifs is 1. The summed E-state index contributed by atoms with van der Waals surface area (Å²) in [4.78, 5) is 16.1. The number of nitrogens with one attached hydrogen (secondary N) is 1. The molecule has 0 fully saturated rings. The van der Waals surface area contributed by atoms with Crippen molar-refractivity contribution in [2.75, 3.05) is 0 Å². The number of aromatic carboxylic acids is 1. The summed E-state index contributed by atoms with van der Waals surface area (Å²) in [5.41, 5.74) is 1.60. The third-order valence-electron chi connectivity index (χ3n) is 4.45. The molecule has 0 amide bonds. The molecule has 2 N–H and O–H groups in total. The number of rotatable bonds is 5. The second-order valence-electron chi connectivity index (χ2n) is 7.74. The predicted molar refractivity (Wildman–Crippen MR) is 102 cm³/mol. The lowest BCUT2D eigenvalue weighted by Gasteiger charge is -2.11. The lowest BCUT2D eigenvalue weighted by Crippen LogP contribution is -2.13. The lowest BCUT2D eigenvalue weighted by molar-refractivity contribution is 0.0686. The average Bonchev–Trinajstić information content (AvgIpc) is 3.35. The highest BCUT2D eigenvalue weighted by molar-refractivity contribution is 5.94. The molecule has 9 nitrogen and oxygen atoms in total. The number of carboxylic acid groups (broad SMARTS) is 1. The van der Waals surface area contributed by atoms with E-state index in [1.165, 1.54) is 0 Å². The molecule has 0 spiro atoms. The molecule has 3 heterocycles. The van der Waals surface area contributed by atoms with Gasteiger partial charge in [-0.05, 0) is 12.1 Å². The maximum absolute atomic E-state index is 11.6. The second kappa shape index (κ2) is 6.59. The van der Waals surface area contributed by atoms with E-state index in [4.69, 9.17) is 0 Å². The summed E-state index contributed by atoms with van der Waals surface area (Å²) in [6.07, 6.45) is 1.79. The Morgan fingerprint density at radius 3 is 2.71 bits per heavy atom. The number of para-hydroxylation sites is 1. The SMILES string of the molecule is CC(C)(C)c1n[nH]c(Cn2cc(Cn3c(C(=O)O)cc4ccccc43)nn2)n1. The molecule has 1 aromatic carbocycles. The van der Waals surface area contributed by atoms with Crippen molar-refractivity contribution in [3.05, 3.63) is 59.6 Å². The third kappa shape index (κ3) is 3.38. The Bertz CT molecular complexity index is 1150. The first kappa shape index (κ1) is 17.9. The van der Waals surface area contributed by atoms with E-state index in [9.17, 15) is 9.90 Å². The summed E-state index contributed by atoms with van der Waals surface area (Å²) in [6.45, 7) is 6.88. The van der Waals surface area contributed by atoms with E-state index < -0.39 is 5.97 Å². The van der Waals surface area contributed by atoms with Crippen LogP contribution in [0.15, 0.2) is 36.5 Å². The minimum Gasteiger partial charge on any atom is -0.477 e. The van der Waals surface area contributed by atoms with Crippen molar-refractivity contribution in [2.45, 2.75) is 39.3 Å². The number of H-pyrrole nitrogens is 1. The van der Waals surface area contributed by atoms with Gasteiger partial charge < -0.3 is 9.67 Å². The number of hydrogen-bond donors (Lipinski definition) is 2. The molecule has 4 rings (SSSR count). The van der Waals surface area contributed by atoms with Crippen LogP contribution in [0.2, 0.25) is 0 Å². The summed E-state index contributed by atoms with van der Waals surface area (Å²) >= 11 is 0. The van der Waals surface area contributed by atoms with Gasteiger partial charge in [-0.15, -0.1) is 5.10 Å². The fourth-order valence-electron chi connectivity index (χ4n) is 3.06. The smallest absolute Gasteiger partial charge is 0.352 e. The molecule has 0 unspecified atom stereocenters. The number of carbonyl (C=O) groups is 1. The Morgan fingerprint density at radius 2 is 2.00 bits per heavy atom. The Balaban J connectivity index is 1.57. The Hall–Kier alpha value is -3.49. The monoisotopic (exact) mass is 379 g/mol. The molecule has 9 heteroatoms.